The molecule has 2 heterocycles. The summed E-state index contributed by atoms with van der Waals surface area (Å²) in [5.41, 5.74) is 1.15. The molecule has 0 bridgehead atoms. The minimum Gasteiger partial charge on any atom is -0.486 e. The van der Waals surface area contributed by atoms with Gasteiger partial charge in [-0.25, -0.2) is 8.78 Å². The smallest absolute Gasteiger partial charge is 0.164 e. The van der Waals surface area contributed by atoms with Crippen molar-refractivity contribution in [3.8, 4) is 11.5 Å². The third-order valence-corrected chi connectivity index (χ3v) is 6.38. The third-order valence-electron chi connectivity index (χ3n) is 6.38. The summed E-state index contributed by atoms with van der Waals surface area (Å²) in [6.45, 7) is 2.49. The molecule has 2 aromatic rings. The number of benzene rings is 2. The number of para-hydroxylation sites is 1. The molecular formula is C22H23F2NO3. The minimum absolute atomic E-state index is 0.322. The van der Waals surface area contributed by atoms with E-state index < -0.39 is 17.4 Å². The first kappa shape index (κ1) is 17.9. The van der Waals surface area contributed by atoms with Gasteiger partial charge in [-0.2, -0.15) is 0 Å². The Morgan fingerprint density at radius 1 is 1.04 bits per heavy atom. The van der Waals surface area contributed by atoms with E-state index in [9.17, 15) is 13.9 Å². The second-order valence-corrected chi connectivity index (χ2v) is 7.87. The number of fused-ring (bicyclic) bond motifs is 2. The van der Waals surface area contributed by atoms with E-state index in [1.54, 1.807) is 0 Å². The Morgan fingerprint density at radius 2 is 1.79 bits per heavy atom. The molecule has 1 aliphatic carbocycles. The highest BCUT2D eigenvalue weighted by Gasteiger charge is 2.44. The van der Waals surface area contributed by atoms with Gasteiger partial charge >= 0.3 is 0 Å². The second kappa shape index (κ2) is 6.71. The van der Waals surface area contributed by atoms with Gasteiger partial charge in [-0.3, -0.25) is 4.90 Å². The molecule has 148 valence electrons. The fourth-order valence-corrected chi connectivity index (χ4v) is 4.92. The topological polar surface area (TPSA) is 41.9 Å². The van der Waals surface area contributed by atoms with Gasteiger partial charge in [-0.05, 0) is 55.4 Å². The van der Waals surface area contributed by atoms with E-state index in [1.807, 2.05) is 17.0 Å². The standard InChI is InChI=1S/C22H23F2NO3/c23-18-12-15-4-7-22(26,17(15)13-19(18)24)25-8-5-14(6-9-25)16-2-1-3-20-21(16)28-11-10-27-20/h1-3,12-14,26H,4-11H2. The Kier molecular flexibility index (Phi) is 4.29. The van der Waals surface area contributed by atoms with E-state index >= 15 is 0 Å². The molecule has 1 atom stereocenters. The summed E-state index contributed by atoms with van der Waals surface area (Å²) in [4.78, 5) is 2.01. The molecule has 2 aromatic carbocycles. The van der Waals surface area contributed by atoms with Gasteiger partial charge < -0.3 is 14.6 Å². The quantitative estimate of drug-likeness (QED) is 0.853. The van der Waals surface area contributed by atoms with Crippen LogP contribution in [0.15, 0.2) is 30.3 Å². The molecule has 3 aliphatic rings. The lowest BCUT2D eigenvalue weighted by Crippen LogP contribution is -2.48. The summed E-state index contributed by atoms with van der Waals surface area (Å²) in [6, 6.07) is 8.41. The summed E-state index contributed by atoms with van der Waals surface area (Å²) in [6.07, 6.45) is 2.75. The maximum absolute atomic E-state index is 13.8. The van der Waals surface area contributed by atoms with Crippen molar-refractivity contribution in [3.05, 3.63) is 58.7 Å². The van der Waals surface area contributed by atoms with Crippen molar-refractivity contribution < 1.29 is 23.4 Å². The van der Waals surface area contributed by atoms with E-state index in [2.05, 4.69) is 6.07 Å². The Labute approximate surface area is 162 Å². The lowest BCUT2D eigenvalue weighted by molar-refractivity contribution is -0.124. The number of aryl methyl sites for hydroxylation is 1. The number of piperidine rings is 1. The zero-order valence-corrected chi connectivity index (χ0v) is 15.6. The van der Waals surface area contributed by atoms with Crippen LogP contribution in [0.4, 0.5) is 8.78 Å². The van der Waals surface area contributed by atoms with Crippen LogP contribution in [0.3, 0.4) is 0 Å². The number of nitrogens with zero attached hydrogens (tertiary/aromatic N) is 1. The van der Waals surface area contributed by atoms with Crippen LogP contribution in [0.25, 0.3) is 0 Å². The van der Waals surface area contributed by atoms with Crippen LogP contribution in [-0.2, 0) is 12.1 Å². The van der Waals surface area contributed by atoms with Crippen molar-refractivity contribution in [3.63, 3.8) is 0 Å². The monoisotopic (exact) mass is 387 g/mol. The summed E-state index contributed by atoms with van der Waals surface area (Å²) < 4.78 is 38.9. The third kappa shape index (κ3) is 2.78. The van der Waals surface area contributed by atoms with Crippen LogP contribution in [0.1, 0.15) is 41.9 Å². The lowest BCUT2D eigenvalue weighted by Gasteiger charge is -2.42. The molecule has 0 radical (unpaired) electrons. The maximum atomic E-state index is 13.8. The van der Waals surface area contributed by atoms with Crippen LogP contribution in [-0.4, -0.2) is 36.3 Å². The molecule has 1 fully saturated rings. The largest absolute Gasteiger partial charge is 0.486 e. The molecule has 0 aromatic heterocycles. The number of halogens is 2. The van der Waals surface area contributed by atoms with E-state index in [4.69, 9.17) is 9.47 Å². The maximum Gasteiger partial charge on any atom is 0.164 e. The first-order valence-electron chi connectivity index (χ1n) is 9.90. The molecule has 1 N–H and O–H groups in total. The highest BCUT2D eigenvalue weighted by Crippen LogP contribution is 2.45. The predicted molar refractivity (Wildman–Crippen MR) is 99.6 cm³/mol. The lowest BCUT2D eigenvalue weighted by atomic mass is 9.87. The molecule has 28 heavy (non-hydrogen) atoms. The highest BCUT2D eigenvalue weighted by atomic mass is 19.2. The Balaban J connectivity index is 1.36. The van der Waals surface area contributed by atoms with Gasteiger partial charge in [0.1, 0.15) is 18.9 Å². The first-order chi connectivity index (χ1) is 13.6. The van der Waals surface area contributed by atoms with Gasteiger partial charge in [-0.1, -0.05) is 12.1 Å². The number of likely N-dealkylation sites (tertiary alicyclic amines) is 1. The average Bonchev–Trinajstić information content (AvgIpc) is 3.05. The molecule has 0 amide bonds. The van der Waals surface area contributed by atoms with Crippen LogP contribution < -0.4 is 9.47 Å². The van der Waals surface area contributed by atoms with Crippen molar-refractivity contribution in [2.45, 2.75) is 37.3 Å². The van der Waals surface area contributed by atoms with Gasteiger partial charge in [0.15, 0.2) is 23.1 Å². The van der Waals surface area contributed by atoms with E-state index in [0.717, 1.165) is 29.9 Å². The van der Waals surface area contributed by atoms with Gasteiger partial charge in [0.2, 0.25) is 0 Å². The molecule has 0 spiro atoms. The van der Waals surface area contributed by atoms with Crippen LogP contribution in [0, 0.1) is 11.6 Å². The number of rotatable bonds is 2. The van der Waals surface area contributed by atoms with E-state index in [0.29, 0.717) is 56.2 Å². The van der Waals surface area contributed by atoms with Crippen molar-refractivity contribution in [1.29, 1.82) is 0 Å². The second-order valence-electron chi connectivity index (χ2n) is 7.87. The molecule has 5 rings (SSSR count). The molecule has 0 saturated carbocycles. The molecular weight excluding hydrogens is 364 g/mol. The Bertz CT molecular complexity index is 911. The number of ether oxygens (including phenoxy) is 2. The van der Waals surface area contributed by atoms with E-state index in [1.165, 1.54) is 12.1 Å². The molecule has 4 nitrogen and oxygen atoms in total. The SMILES string of the molecule is OC1(N2CCC(c3cccc4c3OCCO4)CC2)CCc2cc(F)c(F)cc21. The predicted octanol–water partition coefficient (Wildman–Crippen LogP) is 3.71. The highest BCUT2D eigenvalue weighted by molar-refractivity contribution is 5.49. The zero-order chi connectivity index (χ0) is 19.3. The Morgan fingerprint density at radius 3 is 2.61 bits per heavy atom. The van der Waals surface area contributed by atoms with Gasteiger partial charge in [-0.15, -0.1) is 0 Å². The van der Waals surface area contributed by atoms with Crippen LogP contribution >= 0.6 is 0 Å². The van der Waals surface area contributed by atoms with Crippen LogP contribution in [0.2, 0.25) is 0 Å². The molecule has 1 saturated heterocycles. The van der Waals surface area contributed by atoms with Crippen molar-refractivity contribution in [2.75, 3.05) is 26.3 Å². The fraction of sp³-hybridized carbons (Fsp3) is 0.455. The normalized spacial score (nSPS) is 25.0. The molecule has 1 unspecified atom stereocenters. The summed E-state index contributed by atoms with van der Waals surface area (Å²) >= 11 is 0. The van der Waals surface area contributed by atoms with Crippen LogP contribution in [0.5, 0.6) is 11.5 Å². The van der Waals surface area contributed by atoms with E-state index in [-0.39, 0.29) is 0 Å². The van der Waals surface area contributed by atoms with Gasteiger partial charge in [0.05, 0.1) is 0 Å². The summed E-state index contributed by atoms with van der Waals surface area (Å²) in [7, 11) is 0. The zero-order valence-electron chi connectivity index (χ0n) is 15.6. The fourth-order valence-electron chi connectivity index (χ4n) is 4.92. The van der Waals surface area contributed by atoms with Crippen molar-refractivity contribution in [2.24, 2.45) is 0 Å². The minimum atomic E-state index is -1.22. The summed E-state index contributed by atoms with van der Waals surface area (Å²) in [5, 5.41) is 11.3. The number of aliphatic hydroxyl groups is 1. The summed E-state index contributed by atoms with van der Waals surface area (Å²) in [5.74, 6) is 0.212. The van der Waals surface area contributed by atoms with Gasteiger partial charge in [0, 0.05) is 24.2 Å². The van der Waals surface area contributed by atoms with Crippen molar-refractivity contribution in [1.82, 2.24) is 4.90 Å². The number of hydrogen-bond acceptors (Lipinski definition) is 4. The molecule has 6 heteroatoms. The average molecular weight is 387 g/mol. The number of hydrogen-bond donors (Lipinski definition) is 1. The van der Waals surface area contributed by atoms with Crippen molar-refractivity contribution >= 4 is 0 Å². The Hall–Kier alpha value is -2.18. The van der Waals surface area contributed by atoms with Gasteiger partial charge in [0.25, 0.3) is 0 Å². The molecule has 2 aliphatic heterocycles. The first-order valence-corrected chi connectivity index (χ1v) is 9.90.